The van der Waals surface area contributed by atoms with E-state index in [1.807, 2.05) is 6.92 Å². The number of nitrogens with one attached hydrogen (secondary N) is 2. The van der Waals surface area contributed by atoms with E-state index in [1.54, 1.807) is 55.6 Å². The fraction of sp³-hybridized carbons (Fsp3) is 0.364. The monoisotopic (exact) mass is 368 g/mol. The van der Waals surface area contributed by atoms with E-state index in [-0.39, 0.29) is 17.7 Å². The number of rotatable bonds is 9. The predicted molar refractivity (Wildman–Crippen MR) is 109 cm³/mol. The van der Waals surface area contributed by atoms with Crippen LogP contribution in [0.15, 0.2) is 48.5 Å². The van der Waals surface area contributed by atoms with Crippen LogP contribution in [0.3, 0.4) is 0 Å². The lowest BCUT2D eigenvalue weighted by Crippen LogP contribution is -2.22. The molecule has 5 nitrogen and oxygen atoms in total. The Balaban J connectivity index is 2.02. The van der Waals surface area contributed by atoms with Crippen molar-refractivity contribution in [1.82, 2.24) is 0 Å². The lowest BCUT2D eigenvalue weighted by atomic mass is 9.98. The molecule has 2 N–H and O–H groups in total. The van der Waals surface area contributed by atoms with Crippen LogP contribution >= 0.6 is 0 Å². The molecule has 0 aliphatic heterocycles. The van der Waals surface area contributed by atoms with Gasteiger partial charge in [-0.3, -0.25) is 9.59 Å². The Bertz CT molecular complexity index is 756. The smallest absolute Gasteiger partial charge is 0.255 e. The number of carbonyl (C=O) groups is 2. The van der Waals surface area contributed by atoms with Crippen molar-refractivity contribution in [2.24, 2.45) is 5.92 Å². The molecule has 0 aliphatic carbocycles. The molecule has 2 aromatic rings. The van der Waals surface area contributed by atoms with Crippen molar-refractivity contribution >= 4 is 23.2 Å². The molecule has 0 unspecified atom stereocenters. The van der Waals surface area contributed by atoms with Gasteiger partial charge in [-0.2, -0.15) is 0 Å². The van der Waals surface area contributed by atoms with Gasteiger partial charge in [0.1, 0.15) is 5.75 Å². The predicted octanol–water partition coefficient (Wildman–Crippen LogP) is 5.10. The number of methoxy groups -OCH3 is 1. The van der Waals surface area contributed by atoms with Gasteiger partial charge in [0.15, 0.2) is 0 Å². The van der Waals surface area contributed by atoms with Crippen molar-refractivity contribution in [3.05, 3.63) is 54.1 Å². The molecule has 0 aromatic heterocycles. The summed E-state index contributed by atoms with van der Waals surface area (Å²) in [6, 6.07) is 14.1. The van der Waals surface area contributed by atoms with Gasteiger partial charge in [0.2, 0.25) is 5.91 Å². The van der Waals surface area contributed by atoms with E-state index in [2.05, 4.69) is 17.6 Å². The molecule has 27 heavy (non-hydrogen) atoms. The van der Waals surface area contributed by atoms with E-state index in [0.717, 1.165) is 31.4 Å². The highest BCUT2D eigenvalue weighted by atomic mass is 16.5. The molecule has 0 saturated heterocycles. The van der Waals surface area contributed by atoms with E-state index < -0.39 is 0 Å². The van der Waals surface area contributed by atoms with E-state index in [0.29, 0.717) is 16.9 Å². The van der Waals surface area contributed by atoms with Crippen molar-refractivity contribution in [1.29, 1.82) is 0 Å². The molecule has 0 aliphatic rings. The van der Waals surface area contributed by atoms with Gasteiger partial charge in [-0.05, 0) is 55.3 Å². The second-order valence-corrected chi connectivity index (χ2v) is 6.50. The molecular formula is C22H28N2O3. The van der Waals surface area contributed by atoms with Crippen LogP contribution in [0, 0.1) is 5.92 Å². The van der Waals surface area contributed by atoms with Crippen LogP contribution in [0.4, 0.5) is 11.4 Å². The first-order valence-electron chi connectivity index (χ1n) is 9.43. The van der Waals surface area contributed by atoms with Gasteiger partial charge in [0, 0.05) is 22.9 Å². The summed E-state index contributed by atoms with van der Waals surface area (Å²) in [6.07, 6.45) is 3.81. The summed E-state index contributed by atoms with van der Waals surface area (Å²) >= 11 is 0. The van der Waals surface area contributed by atoms with Gasteiger partial charge >= 0.3 is 0 Å². The fourth-order valence-corrected chi connectivity index (χ4v) is 2.83. The Kier molecular flexibility index (Phi) is 7.86. The zero-order chi connectivity index (χ0) is 19.6. The average molecular weight is 368 g/mol. The topological polar surface area (TPSA) is 67.4 Å². The normalized spacial score (nSPS) is 11.5. The first-order valence-corrected chi connectivity index (χ1v) is 9.43. The third kappa shape index (κ3) is 6.13. The van der Waals surface area contributed by atoms with Crippen LogP contribution in [0.2, 0.25) is 0 Å². The Morgan fingerprint density at radius 1 is 1.00 bits per heavy atom. The van der Waals surface area contributed by atoms with E-state index in [9.17, 15) is 9.59 Å². The number of amides is 2. The molecule has 0 fully saturated rings. The number of hydrogen-bond acceptors (Lipinski definition) is 3. The molecule has 2 amide bonds. The van der Waals surface area contributed by atoms with Crippen molar-refractivity contribution < 1.29 is 14.3 Å². The molecular weight excluding hydrogens is 340 g/mol. The maximum Gasteiger partial charge on any atom is 0.255 e. The zero-order valence-electron chi connectivity index (χ0n) is 16.2. The van der Waals surface area contributed by atoms with Gasteiger partial charge in [-0.1, -0.05) is 32.8 Å². The summed E-state index contributed by atoms with van der Waals surface area (Å²) in [4.78, 5) is 24.9. The molecule has 5 heteroatoms. The van der Waals surface area contributed by atoms with Crippen LogP contribution in [0.5, 0.6) is 5.75 Å². The maximum atomic E-state index is 12.5. The van der Waals surface area contributed by atoms with Gasteiger partial charge in [-0.15, -0.1) is 0 Å². The van der Waals surface area contributed by atoms with Crippen molar-refractivity contribution in [3.63, 3.8) is 0 Å². The first-order chi connectivity index (χ1) is 13.1. The third-order valence-corrected chi connectivity index (χ3v) is 4.51. The highest BCUT2D eigenvalue weighted by Crippen LogP contribution is 2.19. The van der Waals surface area contributed by atoms with Crippen LogP contribution in [0.25, 0.3) is 0 Å². The van der Waals surface area contributed by atoms with E-state index in [1.165, 1.54) is 0 Å². The standard InChI is InChI=1S/C22H28N2O3/c1-4-6-8-16(5-2)21(25)24-19-10-7-9-17(15-19)22(26)23-18-11-13-20(27-3)14-12-18/h7,9-16H,4-6,8H2,1-3H3,(H,23,26)(H,24,25)/t16-/m1/s1. The second kappa shape index (κ2) is 10.4. The summed E-state index contributed by atoms with van der Waals surface area (Å²) in [5.74, 6) is 0.515. The Labute approximate surface area is 161 Å². The molecule has 0 bridgehead atoms. The number of benzene rings is 2. The van der Waals surface area contributed by atoms with E-state index in [4.69, 9.17) is 4.74 Å². The average Bonchev–Trinajstić information content (AvgIpc) is 2.69. The minimum absolute atomic E-state index is 0.00160. The molecule has 144 valence electrons. The largest absolute Gasteiger partial charge is 0.497 e. The lowest BCUT2D eigenvalue weighted by molar-refractivity contribution is -0.120. The molecule has 2 rings (SSSR count). The minimum Gasteiger partial charge on any atom is -0.497 e. The number of carbonyl (C=O) groups excluding carboxylic acids is 2. The summed E-state index contributed by atoms with van der Waals surface area (Å²) in [7, 11) is 1.60. The number of hydrogen-bond donors (Lipinski definition) is 2. The van der Waals surface area contributed by atoms with Gasteiger partial charge in [0.25, 0.3) is 5.91 Å². The summed E-state index contributed by atoms with van der Waals surface area (Å²) < 4.78 is 5.11. The molecule has 0 radical (unpaired) electrons. The molecule has 0 spiro atoms. The summed E-state index contributed by atoms with van der Waals surface area (Å²) in [6.45, 7) is 4.15. The highest BCUT2D eigenvalue weighted by Gasteiger charge is 2.16. The first kappa shape index (κ1) is 20.5. The van der Waals surface area contributed by atoms with Crippen LogP contribution in [0.1, 0.15) is 49.9 Å². The van der Waals surface area contributed by atoms with Crippen molar-refractivity contribution in [2.75, 3.05) is 17.7 Å². The van der Waals surface area contributed by atoms with Crippen molar-refractivity contribution in [3.8, 4) is 5.75 Å². The van der Waals surface area contributed by atoms with Crippen LogP contribution < -0.4 is 15.4 Å². The Morgan fingerprint density at radius 2 is 1.74 bits per heavy atom. The van der Waals surface area contributed by atoms with E-state index >= 15 is 0 Å². The Hall–Kier alpha value is -2.82. The molecule has 1 atom stereocenters. The second-order valence-electron chi connectivity index (χ2n) is 6.50. The highest BCUT2D eigenvalue weighted by molar-refractivity contribution is 6.05. The molecule has 2 aromatic carbocycles. The molecule has 0 saturated carbocycles. The SMILES string of the molecule is CCCC[C@@H](CC)C(=O)Nc1cccc(C(=O)Nc2ccc(OC)cc2)c1. The maximum absolute atomic E-state index is 12.5. The van der Waals surface area contributed by atoms with Crippen LogP contribution in [-0.2, 0) is 4.79 Å². The quantitative estimate of drug-likeness (QED) is 0.647. The summed E-state index contributed by atoms with van der Waals surface area (Å²) in [5.41, 5.74) is 1.81. The van der Waals surface area contributed by atoms with Crippen LogP contribution in [-0.4, -0.2) is 18.9 Å². The van der Waals surface area contributed by atoms with Gasteiger partial charge in [0.05, 0.1) is 7.11 Å². The third-order valence-electron chi connectivity index (χ3n) is 4.51. The minimum atomic E-state index is -0.228. The molecule has 0 heterocycles. The summed E-state index contributed by atoms with van der Waals surface area (Å²) in [5, 5.41) is 5.79. The fourth-order valence-electron chi connectivity index (χ4n) is 2.83. The van der Waals surface area contributed by atoms with Gasteiger partial charge in [-0.25, -0.2) is 0 Å². The number of anilines is 2. The number of ether oxygens (including phenoxy) is 1. The Morgan fingerprint density at radius 3 is 2.37 bits per heavy atom. The zero-order valence-corrected chi connectivity index (χ0v) is 16.2. The van der Waals surface area contributed by atoms with Gasteiger partial charge < -0.3 is 15.4 Å². The van der Waals surface area contributed by atoms with Crippen molar-refractivity contribution in [2.45, 2.75) is 39.5 Å². The number of unbranched alkanes of at least 4 members (excludes halogenated alkanes) is 1. The lowest BCUT2D eigenvalue weighted by Gasteiger charge is -2.15.